The number of hydrogen-bond acceptors (Lipinski definition) is 3. The Morgan fingerprint density at radius 3 is 1.10 bits per heavy atom. The van der Waals surface area contributed by atoms with Crippen molar-refractivity contribution in [1.29, 1.82) is 0 Å². The van der Waals surface area contributed by atoms with Gasteiger partial charge in [0.1, 0.15) is 0 Å². The summed E-state index contributed by atoms with van der Waals surface area (Å²) in [5, 5.41) is 23.3. The molecule has 2 unspecified atom stereocenters. The molecule has 4 nitrogen and oxygen atoms in total. The van der Waals surface area contributed by atoms with Crippen molar-refractivity contribution in [3.63, 3.8) is 0 Å². The number of unbranched alkanes of at least 4 members (excludes halogenated alkanes) is 31. The fraction of sp³-hybridized carbons (Fsp3) is 0.804. The highest BCUT2D eigenvalue weighted by Crippen LogP contribution is 2.17. The largest absolute Gasteiger partial charge is 0.394 e. The van der Waals surface area contributed by atoms with E-state index in [4.69, 9.17) is 0 Å². The molecule has 2 atom stereocenters. The summed E-state index contributed by atoms with van der Waals surface area (Å²) in [5.41, 5.74) is 0. The van der Waals surface area contributed by atoms with Crippen molar-refractivity contribution in [3.05, 3.63) is 60.8 Å². The van der Waals surface area contributed by atoms with Crippen LogP contribution in [0.4, 0.5) is 0 Å². The van der Waals surface area contributed by atoms with Gasteiger partial charge in [-0.1, -0.05) is 267 Å². The molecule has 0 spiro atoms. The topological polar surface area (TPSA) is 69.6 Å². The van der Waals surface area contributed by atoms with Crippen LogP contribution in [0.25, 0.3) is 0 Å². The Hall–Kier alpha value is -1.91. The molecule has 60 heavy (non-hydrogen) atoms. The van der Waals surface area contributed by atoms with E-state index in [0.717, 1.165) is 57.8 Å². The first-order valence-corrected chi connectivity index (χ1v) is 26.5. The molecule has 0 aliphatic rings. The monoisotopic (exact) mass is 838 g/mol. The van der Waals surface area contributed by atoms with E-state index in [-0.39, 0.29) is 12.5 Å². The summed E-state index contributed by atoms with van der Waals surface area (Å²) in [5.74, 6) is -0.0340. The molecule has 0 radical (unpaired) electrons. The average molecular weight is 838 g/mol. The number of carbonyl (C=O) groups is 1. The van der Waals surface area contributed by atoms with E-state index in [9.17, 15) is 15.0 Å². The molecule has 0 aromatic heterocycles. The van der Waals surface area contributed by atoms with Crippen molar-refractivity contribution in [1.82, 2.24) is 5.32 Å². The van der Waals surface area contributed by atoms with E-state index < -0.39 is 12.1 Å². The standard InChI is InChI=1S/C56H103NO3/c1-3-5-7-9-11-13-15-17-19-21-23-25-26-27-28-29-30-32-34-36-38-40-42-44-46-48-50-52-56(60)57-54(53-58)55(59)51-49-47-45-43-41-39-37-35-33-31-24-22-20-18-16-14-12-10-8-6-4-2/h5,7,11,13,17,19,23,25,27-28,54-55,58-59H,3-4,6,8-10,12,14-16,18,20-22,24,26,29-53H2,1-2H3,(H,57,60)/b7-5-,13-11-,19-17-,25-23-,28-27-. The van der Waals surface area contributed by atoms with Crippen molar-refractivity contribution in [3.8, 4) is 0 Å². The van der Waals surface area contributed by atoms with E-state index in [0.29, 0.717) is 12.8 Å². The van der Waals surface area contributed by atoms with E-state index in [1.165, 1.54) is 186 Å². The van der Waals surface area contributed by atoms with Crippen LogP contribution in [0, 0.1) is 0 Å². The van der Waals surface area contributed by atoms with Crippen LogP contribution >= 0.6 is 0 Å². The van der Waals surface area contributed by atoms with Crippen LogP contribution in [0.1, 0.15) is 271 Å². The van der Waals surface area contributed by atoms with Crippen molar-refractivity contribution in [2.45, 2.75) is 283 Å². The molecule has 0 heterocycles. The number of rotatable bonds is 48. The second-order valence-corrected chi connectivity index (χ2v) is 17.9. The van der Waals surface area contributed by atoms with E-state index in [1.807, 2.05) is 0 Å². The number of amides is 1. The Morgan fingerprint density at radius 1 is 0.417 bits per heavy atom. The number of allylic oxidation sites excluding steroid dienone is 10. The second kappa shape index (κ2) is 51.4. The number of aliphatic hydroxyl groups excluding tert-OH is 2. The molecule has 0 aromatic rings. The SMILES string of the molecule is CC/C=C\C/C=C\C/C=C\C/C=C\C/C=C\CCCCCCCCCCCCCC(=O)NC(CO)C(O)CCCCCCCCCCCCCCCCCCCCCCC. The van der Waals surface area contributed by atoms with Crippen LogP contribution in [0.2, 0.25) is 0 Å². The van der Waals surface area contributed by atoms with Crippen molar-refractivity contribution < 1.29 is 15.0 Å². The van der Waals surface area contributed by atoms with Gasteiger partial charge in [-0.2, -0.15) is 0 Å². The minimum atomic E-state index is -0.664. The van der Waals surface area contributed by atoms with E-state index >= 15 is 0 Å². The average Bonchev–Trinajstić information content (AvgIpc) is 3.25. The highest BCUT2D eigenvalue weighted by molar-refractivity contribution is 5.76. The van der Waals surface area contributed by atoms with Gasteiger partial charge in [0.05, 0.1) is 18.8 Å². The second-order valence-electron chi connectivity index (χ2n) is 17.9. The third-order valence-corrected chi connectivity index (χ3v) is 12.0. The summed E-state index contributed by atoms with van der Waals surface area (Å²) in [6.45, 7) is 4.26. The molecule has 1 amide bonds. The summed E-state index contributed by atoms with van der Waals surface area (Å²) in [6, 6.07) is -0.541. The lowest BCUT2D eigenvalue weighted by molar-refractivity contribution is -0.123. The third-order valence-electron chi connectivity index (χ3n) is 12.0. The maximum Gasteiger partial charge on any atom is 0.220 e. The molecule has 4 heteroatoms. The minimum absolute atomic E-state index is 0.0340. The lowest BCUT2D eigenvalue weighted by Crippen LogP contribution is -2.45. The Labute approximate surface area is 375 Å². The smallest absolute Gasteiger partial charge is 0.220 e. The van der Waals surface area contributed by atoms with Crippen LogP contribution in [0.5, 0.6) is 0 Å². The van der Waals surface area contributed by atoms with Gasteiger partial charge in [0, 0.05) is 6.42 Å². The molecule has 0 aliphatic carbocycles. The van der Waals surface area contributed by atoms with Gasteiger partial charge in [-0.25, -0.2) is 0 Å². The third kappa shape index (κ3) is 47.1. The highest BCUT2D eigenvalue weighted by atomic mass is 16.3. The van der Waals surface area contributed by atoms with Crippen LogP contribution in [0.3, 0.4) is 0 Å². The van der Waals surface area contributed by atoms with Gasteiger partial charge in [-0.05, 0) is 57.8 Å². The summed E-state index contributed by atoms with van der Waals surface area (Å²) in [6.07, 6.45) is 71.9. The molecule has 0 saturated heterocycles. The zero-order valence-corrected chi connectivity index (χ0v) is 40.2. The minimum Gasteiger partial charge on any atom is -0.394 e. The fourth-order valence-electron chi connectivity index (χ4n) is 8.04. The van der Waals surface area contributed by atoms with E-state index in [1.54, 1.807) is 0 Å². The summed E-state index contributed by atoms with van der Waals surface area (Å²) in [7, 11) is 0. The number of hydrogen-bond donors (Lipinski definition) is 3. The first kappa shape index (κ1) is 58.1. The maximum absolute atomic E-state index is 12.5. The summed E-state index contributed by atoms with van der Waals surface area (Å²) < 4.78 is 0. The first-order valence-electron chi connectivity index (χ1n) is 26.5. The van der Waals surface area contributed by atoms with Gasteiger partial charge in [-0.15, -0.1) is 0 Å². The quantitative estimate of drug-likeness (QED) is 0.0422. The molecule has 350 valence electrons. The molecule has 3 N–H and O–H groups in total. The van der Waals surface area contributed by atoms with Crippen molar-refractivity contribution in [2.75, 3.05) is 6.61 Å². The lowest BCUT2D eigenvalue weighted by Gasteiger charge is -2.22. The fourth-order valence-corrected chi connectivity index (χ4v) is 8.04. The van der Waals surface area contributed by atoms with Crippen LogP contribution < -0.4 is 5.32 Å². The van der Waals surface area contributed by atoms with Crippen molar-refractivity contribution in [2.24, 2.45) is 0 Å². The molecule has 0 rings (SSSR count). The normalized spacial score (nSPS) is 13.3. The maximum atomic E-state index is 12.5. The van der Waals surface area contributed by atoms with Gasteiger partial charge in [-0.3, -0.25) is 4.79 Å². The first-order chi connectivity index (χ1) is 29.7. The number of aliphatic hydroxyl groups is 2. The highest BCUT2D eigenvalue weighted by Gasteiger charge is 2.20. The molecular formula is C56H103NO3. The molecule has 0 aromatic carbocycles. The predicted molar refractivity (Wildman–Crippen MR) is 267 cm³/mol. The lowest BCUT2D eigenvalue weighted by atomic mass is 10.0. The zero-order valence-electron chi connectivity index (χ0n) is 40.2. The Kier molecular flexibility index (Phi) is 49.8. The van der Waals surface area contributed by atoms with Gasteiger partial charge >= 0.3 is 0 Å². The van der Waals surface area contributed by atoms with Gasteiger partial charge in [0.25, 0.3) is 0 Å². The Morgan fingerprint density at radius 2 is 0.733 bits per heavy atom. The van der Waals surface area contributed by atoms with Crippen LogP contribution in [-0.2, 0) is 4.79 Å². The van der Waals surface area contributed by atoms with Crippen LogP contribution in [0.15, 0.2) is 60.8 Å². The summed E-state index contributed by atoms with van der Waals surface area (Å²) in [4.78, 5) is 12.5. The molecule has 0 fully saturated rings. The van der Waals surface area contributed by atoms with Crippen LogP contribution in [-0.4, -0.2) is 34.9 Å². The molecule has 0 bridgehead atoms. The number of nitrogens with one attached hydrogen (secondary N) is 1. The Bertz CT molecular complexity index is 996. The Balaban J connectivity index is 3.50. The predicted octanol–water partition coefficient (Wildman–Crippen LogP) is 17.2. The molecule has 0 saturated carbocycles. The van der Waals surface area contributed by atoms with Gasteiger partial charge in [0.15, 0.2) is 0 Å². The zero-order chi connectivity index (χ0) is 43.5. The summed E-state index contributed by atoms with van der Waals surface area (Å²) >= 11 is 0. The molecule has 0 aliphatic heterocycles. The molecular weight excluding hydrogens is 735 g/mol. The van der Waals surface area contributed by atoms with E-state index in [2.05, 4.69) is 79.9 Å². The van der Waals surface area contributed by atoms with Gasteiger partial charge in [0.2, 0.25) is 5.91 Å². The number of carbonyl (C=O) groups excluding carboxylic acids is 1. The van der Waals surface area contributed by atoms with Crippen molar-refractivity contribution >= 4 is 5.91 Å². The van der Waals surface area contributed by atoms with Gasteiger partial charge < -0.3 is 15.5 Å².